The van der Waals surface area contributed by atoms with Crippen molar-refractivity contribution in [2.75, 3.05) is 13.9 Å². The maximum absolute atomic E-state index is 11.5. The summed E-state index contributed by atoms with van der Waals surface area (Å²) in [5.41, 5.74) is 1.05. The van der Waals surface area contributed by atoms with Crippen molar-refractivity contribution in [3.8, 4) is 11.5 Å². The lowest BCUT2D eigenvalue weighted by molar-refractivity contribution is 0.0453. The molecular formula is C15H18O4. The first-order chi connectivity index (χ1) is 8.93. The fourth-order valence-electron chi connectivity index (χ4n) is 1.88. The number of hydrogen-bond acceptors (Lipinski definition) is 4. The largest absolute Gasteiger partial charge is 0.479 e. The average molecular weight is 262 g/mol. The molecule has 0 N–H and O–H groups in total. The standard InChI is InChI=1S/C15H18O4/c1-10(16)12-7-11-5-6-15(2,3)19-14(11)13(8-12)18-9-17-4/h5-8H,9H2,1-4H3. The molecule has 19 heavy (non-hydrogen) atoms. The van der Waals surface area contributed by atoms with Crippen molar-refractivity contribution in [3.63, 3.8) is 0 Å². The second-order valence-electron chi connectivity index (χ2n) is 5.04. The van der Waals surface area contributed by atoms with E-state index in [1.807, 2.05) is 32.1 Å². The number of ketones is 1. The van der Waals surface area contributed by atoms with Crippen LogP contribution in [0.25, 0.3) is 6.08 Å². The van der Waals surface area contributed by atoms with Gasteiger partial charge in [0.1, 0.15) is 5.60 Å². The summed E-state index contributed by atoms with van der Waals surface area (Å²) in [5, 5.41) is 0. The molecule has 0 radical (unpaired) electrons. The molecule has 0 aromatic heterocycles. The van der Waals surface area contributed by atoms with Gasteiger partial charge < -0.3 is 14.2 Å². The van der Waals surface area contributed by atoms with Gasteiger partial charge in [-0.3, -0.25) is 4.79 Å². The van der Waals surface area contributed by atoms with Crippen LogP contribution in [0.4, 0.5) is 0 Å². The Morgan fingerprint density at radius 3 is 2.74 bits per heavy atom. The van der Waals surface area contributed by atoms with E-state index in [1.165, 1.54) is 6.92 Å². The molecule has 0 bridgehead atoms. The number of rotatable bonds is 4. The van der Waals surface area contributed by atoms with Gasteiger partial charge in [0.25, 0.3) is 0 Å². The topological polar surface area (TPSA) is 44.8 Å². The van der Waals surface area contributed by atoms with Crippen LogP contribution in [0.3, 0.4) is 0 Å². The Kier molecular flexibility index (Phi) is 3.62. The number of ether oxygens (including phenoxy) is 3. The first kappa shape index (κ1) is 13.6. The molecule has 1 heterocycles. The van der Waals surface area contributed by atoms with Gasteiger partial charge in [0.05, 0.1) is 0 Å². The molecule has 0 saturated heterocycles. The van der Waals surface area contributed by atoms with Gasteiger partial charge in [-0.1, -0.05) is 6.08 Å². The van der Waals surface area contributed by atoms with Crippen LogP contribution < -0.4 is 9.47 Å². The average Bonchev–Trinajstić information content (AvgIpc) is 2.34. The van der Waals surface area contributed by atoms with E-state index in [2.05, 4.69) is 0 Å². The van der Waals surface area contributed by atoms with Crippen molar-refractivity contribution in [3.05, 3.63) is 29.3 Å². The molecular weight excluding hydrogens is 244 g/mol. The zero-order valence-electron chi connectivity index (χ0n) is 11.6. The van der Waals surface area contributed by atoms with Crippen LogP contribution in [0.2, 0.25) is 0 Å². The molecule has 102 valence electrons. The quantitative estimate of drug-likeness (QED) is 0.618. The molecule has 0 saturated carbocycles. The lowest BCUT2D eigenvalue weighted by atomic mass is 9.99. The first-order valence-electron chi connectivity index (χ1n) is 6.12. The number of benzene rings is 1. The Bertz CT molecular complexity index is 529. The Morgan fingerprint density at radius 2 is 2.11 bits per heavy atom. The van der Waals surface area contributed by atoms with Crippen molar-refractivity contribution < 1.29 is 19.0 Å². The molecule has 4 nitrogen and oxygen atoms in total. The number of carbonyl (C=O) groups is 1. The van der Waals surface area contributed by atoms with Crippen LogP contribution >= 0.6 is 0 Å². The highest BCUT2D eigenvalue weighted by molar-refractivity contribution is 5.95. The summed E-state index contributed by atoms with van der Waals surface area (Å²) in [6.45, 7) is 5.57. The summed E-state index contributed by atoms with van der Waals surface area (Å²) in [5.74, 6) is 1.17. The predicted molar refractivity (Wildman–Crippen MR) is 72.7 cm³/mol. The van der Waals surface area contributed by atoms with Crippen molar-refractivity contribution in [2.24, 2.45) is 0 Å². The lowest BCUT2D eigenvalue weighted by Gasteiger charge is -2.29. The highest BCUT2D eigenvalue weighted by Gasteiger charge is 2.25. The van der Waals surface area contributed by atoms with Crippen LogP contribution in [-0.4, -0.2) is 25.3 Å². The number of hydrogen-bond donors (Lipinski definition) is 0. The second-order valence-corrected chi connectivity index (χ2v) is 5.04. The Balaban J connectivity index is 2.48. The van der Waals surface area contributed by atoms with E-state index in [4.69, 9.17) is 14.2 Å². The van der Waals surface area contributed by atoms with Crippen molar-refractivity contribution in [1.29, 1.82) is 0 Å². The van der Waals surface area contributed by atoms with Gasteiger partial charge in [0.2, 0.25) is 0 Å². The van der Waals surface area contributed by atoms with E-state index < -0.39 is 5.60 Å². The molecule has 0 atom stereocenters. The van der Waals surface area contributed by atoms with E-state index in [1.54, 1.807) is 13.2 Å². The van der Waals surface area contributed by atoms with Gasteiger partial charge in [-0.25, -0.2) is 0 Å². The van der Waals surface area contributed by atoms with Crippen molar-refractivity contribution in [2.45, 2.75) is 26.4 Å². The highest BCUT2D eigenvalue weighted by atomic mass is 16.7. The SMILES string of the molecule is COCOc1cc(C(C)=O)cc2c1OC(C)(C)C=C2. The predicted octanol–water partition coefficient (Wildman–Crippen LogP) is 3.06. The minimum atomic E-state index is -0.393. The lowest BCUT2D eigenvalue weighted by Crippen LogP contribution is -2.28. The molecule has 4 heteroatoms. The fraction of sp³-hybridized carbons (Fsp3) is 0.400. The third-order valence-corrected chi connectivity index (χ3v) is 2.85. The van der Waals surface area contributed by atoms with Crippen LogP contribution in [0, 0.1) is 0 Å². The van der Waals surface area contributed by atoms with E-state index in [0.717, 1.165) is 5.56 Å². The molecule has 1 aliphatic rings. The normalized spacial score (nSPS) is 15.6. The summed E-state index contributed by atoms with van der Waals surface area (Å²) >= 11 is 0. The van der Waals surface area contributed by atoms with Crippen LogP contribution in [0.15, 0.2) is 18.2 Å². The van der Waals surface area contributed by atoms with Gasteiger partial charge in [0, 0.05) is 18.2 Å². The summed E-state index contributed by atoms with van der Waals surface area (Å²) in [6, 6.07) is 3.50. The second kappa shape index (κ2) is 5.05. The van der Waals surface area contributed by atoms with Crippen LogP contribution in [0.1, 0.15) is 36.7 Å². The van der Waals surface area contributed by atoms with E-state index >= 15 is 0 Å². The minimum absolute atomic E-state index is 0.0108. The smallest absolute Gasteiger partial charge is 0.188 e. The molecule has 0 amide bonds. The number of carbonyl (C=O) groups excluding carboxylic acids is 1. The molecule has 0 spiro atoms. The number of methoxy groups -OCH3 is 1. The van der Waals surface area contributed by atoms with E-state index in [-0.39, 0.29) is 12.6 Å². The third-order valence-electron chi connectivity index (χ3n) is 2.85. The molecule has 2 rings (SSSR count). The molecule has 0 fully saturated rings. The molecule has 1 aliphatic heterocycles. The molecule has 1 aromatic carbocycles. The first-order valence-corrected chi connectivity index (χ1v) is 6.12. The summed E-state index contributed by atoms with van der Waals surface area (Å²) in [7, 11) is 1.55. The van der Waals surface area contributed by atoms with Crippen molar-refractivity contribution >= 4 is 11.9 Å². The third kappa shape index (κ3) is 2.96. The molecule has 0 aliphatic carbocycles. The Morgan fingerprint density at radius 1 is 1.37 bits per heavy atom. The highest BCUT2D eigenvalue weighted by Crippen LogP contribution is 2.39. The van der Waals surface area contributed by atoms with Gasteiger partial charge in [-0.15, -0.1) is 0 Å². The maximum Gasteiger partial charge on any atom is 0.188 e. The van der Waals surface area contributed by atoms with E-state index in [0.29, 0.717) is 17.1 Å². The minimum Gasteiger partial charge on any atom is -0.479 e. The van der Waals surface area contributed by atoms with Crippen LogP contribution in [0.5, 0.6) is 11.5 Å². The maximum atomic E-state index is 11.5. The fourth-order valence-corrected chi connectivity index (χ4v) is 1.88. The summed E-state index contributed by atoms with van der Waals surface area (Å²) in [4.78, 5) is 11.5. The number of fused-ring (bicyclic) bond motifs is 1. The monoisotopic (exact) mass is 262 g/mol. The Hall–Kier alpha value is -1.81. The zero-order valence-corrected chi connectivity index (χ0v) is 11.6. The van der Waals surface area contributed by atoms with Gasteiger partial charge in [-0.2, -0.15) is 0 Å². The zero-order chi connectivity index (χ0) is 14.0. The molecule has 1 aromatic rings. The molecule has 0 unspecified atom stereocenters. The van der Waals surface area contributed by atoms with Crippen LogP contribution in [-0.2, 0) is 4.74 Å². The Labute approximate surface area is 113 Å². The van der Waals surface area contributed by atoms with Crippen molar-refractivity contribution in [1.82, 2.24) is 0 Å². The van der Waals surface area contributed by atoms with Gasteiger partial charge >= 0.3 is 0 Å². The number of Topliss-reactive ketones (excluding diaryl/α,β-unsaturated/α-hetero) is 1. The van der Waals surface area contributed by atoms with Gasteiger partial charge in [-0.05, 0) is 39.0 Å². The van der Waals surface area contributed by atoms with E-state index in [9.17, 15) is 4.79 Å². The summed E-state index contributed by atoms with van der Waals surface area (Å²) in [6.07, 6.45) is 3.91. The summed E-state index contributed by atoms with van der Waals surface area (Å²) < 4.78 is 16.3. The van der Waals surface area contributed by atoms with Gasteiger partial charge in [0.15, 0.2) is 24.1 Å².